The molecule has 0 fully saturated rings. The van der Waals surface area contributed by atoms with E-state index in [1.165, 1.54) is 26.0 Å². The van der Waals surface area contributed by atoms with Gasteiger partial charge in [-0.1, -0.05) is 36.4 Å². The molecule has 7 heteroatoms. The molecule has 1 atom stereocenters. The molecule has 170 valence electrons. The Labute approximate surface area is 196 Å². The largest absolute Gasteiger partial charge is 0.352 e. The minimum atomic E-state index is -0.511. The Morgan fingerprint density at radius 3 is 2.42 bits per heavy atom. The average molecular weight is 462 g/mol. The van der Waals surface area contributed by atoms with Crippen LogP contribution in [0.3, 0.4) is 0 Å². The van der Waals surface area contributed by atoms with Gasteiger partial charge in [-0.3, -0.25) is 14.2 Å². The number of amides is 1. The van der Waals surface area contributed by atoms with Crippen LogP contribution in [0.4, 0.5) is 0 Å². The predicted molar refractivity (Wildman–Crippen MR) is 134 cm³/mol. The van der Waals surface area contributed by atoms with E-state index in [-0.39, 0.29) is 24.1 Å². The highest BCUT2D eigenvalue weighted by Gasteiger charge is 2.18. The van der Waals surface area contributed by atoms with Gasteiger partial charge in [-0.25, -0.2) is 9.36 Å². The first-order valence-corrected chi connectivity index (χ1v) is 11.9. The fraction of sp³-hybridized carbons (Fsp3) is 0.269. The lowest BCUT2D eigenvalue weighted by atomic mass is 10.1. The van der Waals surface area contributed by atoms with Crippen molar-refractivity contribution >= 4 is 27.5 Å². The van der Waals surface area contributed by atoms with E-state index in [1.54, 1.807) is 11.4 Å². The van der Waals surface area contributed by atoms with Gasteiger partial charge in [-0.15, -0.1) is 11.3 Å². The van der Waals surface area contributed by atoms with Crippen LogP contribution in [-0.2, 0) is 17.8 Å². The number of aromatic nitrogens is 2. The molecule has 0 spiro atoms. The lowest BCUT2D eigenvalue weighted by Crippen LogP contribution is -2.43. The molecule has 4 rings (SSSR count). The maximum absolute atomic E-state index is 13.4. The predicted octanol–water partition coefficient (Wildman–Crippen LogP) is 3.97. The minimum absolute atomic E-state index is 0.0447. The van der Waals surface area contributed by atoms with E-state index < -0.39 is 5.69 Å². The molecule has 1 N–H and O–H groups in total. The second-order valence-electron chi connectivity index (χ2n) is 8.48. The summed E-state index contributed by atoms with van der Waals surface area (Å²) in [7, 11) is 0. The first-order valence-electron chi connectivity index (χ1n) is 11.0. The van der Waals surface area contributed by atoms with E-state index in [0.29, 0.717) is 15.9 Å². The smallest absolute Gasteiger partial charge is 0.336 e. The first-order chi connectivity index (χ1) is 15.8. The van der Waals surface area contributed by atoms with Crippen LogP contribution in [-0.4, -0.2) is 21.1 Å². The fourth-order valence-corrected chi connectivity index (χ4v) is 4.94. The number of fused-ring (bicyclic) bond motifs is 1. The third-order valence-corrected chi connectivity index (χ3v) is 6.53. The molecular formula is C26H27N3O3S. The highest BCUT2D eigenvalue weighted by Crippen LogP contribution is 2.17. The molecular weight excluding hydrogens is 434 g/mol. The van der Waals surface area contributed by atoms with Gasteiger partial charge in [-0.2, -0.15) is 0 Å². The number of hydrogen-bond donors (Lipinski definition) is 1. The third-order valence-electron chi connectivity index (χ3n) is 5.64. The molecule has 0 aliphatic heterocycles. The Hall–Kier alpha value is -3.45. The Bertz CT molecular complexity index is 1400. The summed E-state index contributed by atoms with van der Waals surface area (Å²) in [6.45, 7) is 5.66. The van der Waals surface area contributed by atoms with Crippen molar-refractivity contribution in [1.29, 1.82) is 0 Å². The average Bonchev–Trinajstić information content (AvgIpc) is 3.26. The monoisotopic (exact) mass is 461 g/mol. The Morgan fingerprint density at radius 1 is 1.03 bits per heavy atom. The highest BCUT2D eigenvalue weighted by molar-refractivity contribution is 7.17. The number of nitrogens with zero attached hydrogens (tertiary/aromatic N) is 2. The van der Waals surface area contributed by atoms with Gasteiger partial charge in [0.2, 0.25) is 5.91 Å². The van der Waals surface area contributed by atoms with E-state index >= 15 is 0 Å². The lowest BCUT2D eigenvalue weighted by Gasteiger charge is -2.16. The van der Waals surface area contributed by atoms with Crippen molar-refractivity contribution in [3.8, 4) is 5.69 Å². The molecule has 0 bridgehead atoms. The van der Waals surface area contributed by atoms with Crippen molar-refractivity contribution in [3.05, 3.63) is 97.5 Å². The number of carbonyl (C=O) groups excluding carboxylic acids is 1. The minimum Gasteiger partial charge on any atom is -0.352 e. The standard InChI is InChI=1S/C26H27N3O3S/c1-17-13-18(2)15-21(14-17)29-25(31)24-22(11-12-33-24)28(26(29)32)16-23(30)27-19(3)9-10-20-7-5-4-6-8-20/h4-8,11-15,19H,9-10,16H2,1-3H3,(H,27,30). The molecule has 0 saturated heterocycles. The zero-order valence-electron chi connectivity index (χ0n) is 19.0. The molecule has 33 heavy (non-hydrogen) atoms. The van der Waals surface area contributed by atoms with Crippen molar-refractivity contribution in [2.75, 3.05) is 0 Å². The number of thiophene rings is 1. The van der Waals surface area contributed by atoms with Crippen LogP contribution < -0.4 is 16.6 Å². The summed E-state index contributed by atoms with van der Waals surface area (Å²) >= 11 is 1.28. The van der Waals surface area contributed by atoms with Crippen LogP contribution >= 0.6 is 11.3 Å². The van der Waals surface area contributed by atoms with Crippen LogP contribution in [0, 0.1) is 13.8 Å². The second kappa shape index (κ2) is 9.58. The molecule has 0 radical (unpaired) electrons. The van der Waals surface area contributed by atoms with Gasteiger partial charge in [0.1, 0.15) is 11.2 Å². The molecule has 6 nitrogen and oxygen atoms in total. The van der Waals surface area contributed by atoms with Gasteiger partial charge in [0.05, 0.1) is 11.2 Å². The maximum atomic E-state index is 13.4. The van der Waals surface area contributed by atoms with Crippen molar-refractivity contribution in [1.82, 2.24) is 14.5 Å². The molecule has 0 aliphatic rings. The lowest BCUT2D eigenvalue weighted by molar-refractivity contribution is -0.122. The number of hydrogen-bond acceptors (Lipinski definition) is 4. The van der Waals surface area contributed by atoms with Crippen molar-refractivity contribution in [2.24, 2.45) is 0 Å². The van der Waals surface area contributed by atoms with E-state index in [1.807, 2.05) is 57.2 Å². The zero-order chi connectivity index (χ0) is 23.5. The number of carbonyl (C=O) groups is 1. The first kappa shape index (κ1) is 22.7. The Balaban J connectivity index is 1.61. The highest BCUT2D eigenvalue weighted by atomic mass is 32.1. The second-order valence-corrected chi connectivity index (χ2v) is 9.40. The van der Waals surface area contributed by atoms with E-state index in [2.05, 4.69) is 17.4 Å². The van der Waals surface area contributed by atoms with Gasteiger partial charge < -0.3 is 5.32 Å². The fourth-order valence-electron chi connectivity index (χ4n) is 4.11. The van der Waals surface area contributed by atoms with Crippen molar-refractivity contribution < 1.29 is 4.79 Å². The van der Waals surface area contributed by atoms with Crippen LogP contribution in [0.25, 0.3) is 15.9 Å². The SMILES string of the molecule is Cc1cc(C)cc(-n2c(=O)c3sccc3n(CC(=O)NC(C)CCc3ccccc3)c2=O)c1. The van der Waals surface area contributed by atoms with E-state index in [9.17, 15) is 14.4 Å². The van der Waals surface area contributed by atoms with E-state index in [4.69, 9.17) is 0 Å². The summed E-state index contributed by atoms with van der Waals surface area (Å²) in [5, 5.41) is 4.76. The van der Waals surface area contributed by atoms with Crippen molar-refractivity contribution in [2.45, 2.75) is 46.2 Å². The third kappa shape index (κ3) is 4.98. The zero-order valence-corrected chi connectivity index (χ0v) is 19.8. The van der Waals surface area contributed by atoms with Crippen LogP contribution in [0.5, 0.6) is 0 Å². The molecule has 2 aromatic heterocycles. The molecule has 1 unspecified atom stereocenters. The summed E-state index contributed by atoms with van der Waals surface area (Å²) in [4.78, 5) is 39.4. The molecule has 1 amide bonds. The number of nitrogens with one attached hydrogen (secondary N) is 1. The topological polar surface area (TPSA) is 73.1 Å². The van der Waals surface area contributed by atoms with Gasteiger partial charge in [0, 0.05) is 6.04 Å². The van der Waals surface area contributed by atoms with Crippen LogP contribution in [0.1, 0.15) is 30.0 Å². The van der Waals surface area contributed by atoms with Crippen LogP contribution in [0.15, 0.2) is 69.6 Å². The summed E-state index contributed by atoms with van der Waals surface area (Å²) in [6.07, 6.45) is 1.65. The van der Waals surface area contributed by atoms with E-state index in [0.717, 1.165) is 24.0 Å². The molecule has 2 aromatic carbocycles. The van der Waals surface area contributed by atoms with Gasteiger partial charge in [0.15, 0.2) is 0 Å². The maximum Gasteiger partial charge on any atom is 0.336 e. The van der Waals surface area contributed by atoms with Gasteiger partial charge in [-0.05, 0) is 73.9 Å². The summed E-state index contributed by atoms with van der Waals surface area (Å²) < 4.78 is 3.02. The Morgan fingerprint density at radius 2 is 1.73 bits per heavy atom. The summed E-state index contributed by atoms with van der Waals surface area (Å²) in [6, 6.07) is 17.4. The summed E-state index contributed by atoms with van der Waals surface area (Å²) in [5.74, 6) is -0.254. The normalized spacial score (nSPS) is 12.1. The molecule has 4 aromatic rings. The van der Waals surface area contributed by atoms with Gasteiger partial charge in [0.25, 0.3) is 5.56 Å². The van der Waals surface area contributed by atoms with Crippen LogP contribution in [0.2, 0.25) is 0 Å². The molecule has 0 aliphatic carbocycles. The summed E-state index contributed by atoms with van der Waals surface area (Å²) in [5.41, 5.74) is 3.27. The quantitative estimate of drug-likeness (QED) is 0.453. The molecule has 2 heterocycles. The van der Waals surface area contributed by atoms with Crippen molar-refractivity contribution in [3.63, 3.8) is 0 Å². The Kier molecular flexibility index (Phi) is 6.60. The number of aryl methyl sites for hydroxylation is 3. The van der Waals surface area contributed by atoms with Gasteiger partial charge >= 0.3 is 5.69 Å². The molecule has 0 saturated carbocycles. The number of rotatable bonds is 7. The number of benzene rings is 2.